The van der Waals surface area contributed by atoms with Gasteiger partial charge in [-0.15, -0.1) is 0 Å². The van der Waals surface area contributed by atoms with Crippen molar-refractivity contribution >= 4 is 27.5 Å². The van der Waals surface area contributed by atoms with Gasteiger partial charge >= 0.3 is 0 Å². The highest BCUT2D eigenvalue weighted by Gasteiger charge is 2.05. The van der Waals surface area contributed by atoms with Crippen molar-refractivity contribution in [2.24, 2.45) is 0 Å². The van der Waals surface area contributed by atoms with Crippen LogP contribution in [0.15, 0.2) is 35.2 Å². The monoisotopic (exact) mass is 279 g/mol. The molecule has 0 bridgehead atoms. The molecule has 1 aromatic carbocycles. The Labute approximate surface area is 101 Å². The topological polar surface area (TPSA) is 57.8 Å². The number of halogens is 1. The van der Waals surface area contributed by atoms with Crippen molar-refractivity contribution < 1.29 is 4.79 Å². The summed E-state index contributed by atoms with van der Waals surface area (Å²) in [5.74, 6) is -0.0753. The number of nitrogens with one attached hydrogen (secondary N) is 2. The molecule has 1 amide bonds. The summed E-state index contributed by atoms with van der Waals surface area (Å²) in [4.78, 5) is 18.0. The molecule has 1 aromatic heterocycles. The van der Waals surface area contributed by atoms with Crippen LogP contribution in [0.2, 0.25) is 0 Å². The van der Waals surface area contributed by atoms with E-state index in [2.05, 4.69) is 31.2 Å². The van der Waals surface area contributed by atoms with Crippen LogP contribution in [-0.4, -0.2) is 15.9 Å². The number of anilines is 1. The van der Waals surface area contributed by atoms with Gasteiger partial charge in [-0.05, 0) is 28.1 Å². The van der Waals surface area contributed by atoms with Crippen LogP contribution in [0.25, 0.3) is 11.3 Å². The maximum atomic E-state index is 10.8. The van der Waals surface area contributed by atoms with Gasteiger partial charge in [-0.3, -0.25) is 4.79 Å². The van der Waals surface area contributed by atoms with E-state index < -0.39 is 0 Å². The molecule has 2 aromatic rings. The fraction of sp³-hybridized carbons (Fsp3) is 0.0909. The lowest BCUT2D eigenvalue weighted by molar-refractivity contribution is -0.114. The number of hydrogen-bond acceptors (Lipinski definition) is 2. The van der Waals surface area contributed by atoms with Crippen molar-refractivity contribution in [1.82, 2.24) is 9.97 Å². The largest absolute Gasteiger partial charge is 0.339 e. The van der Waals surface area contributed by atoms with Gasteiger partial charge in [-0.25, -0.2) is 4.98 Å². The van der Waals surface area contributed by atoms with Crippen LogP contribution in [0.5, 0.6) is 0 Å². The summed E-state index contributed by atoms with van der Waals surface area (Å²) in [6, 6.07) is 7.51. The molecule has 0 aliphatic carbocycles. The fourth-order valence-electron chi connectivity index (χ4n) is 1.39. The average Bonchev–Trinajstić information content (AvgIpc) is 2.65. The predicted molar refractivity (Wildman–Crippen MR) is 66.0 cm³/mol. The molecule has 0 saturated carbocycles. The minimum absolute atomic E-state index is 0.0753. The number of benzene rings is 1. The number of carbonyl (C=O) groups excluding carboxylic acids is 1. The molecule has 5 heteroatoms. The van der Waals surface area contributed by atoms with E-state index in [0.717, 1.165) is 21.5 Å². The van der Waals surface area contributed by atoms with E-state index in [1.54, 1.807) is 6.33 Å². The SMILES string of the molecule is CC(=O)Nc1ccc(-c2nc[nH]c2Br)cc1. The predicted octanol–water partition coefficient (Wildman–Crippen LogP) is 2.80. The molecule has 0 fully saturated rings. The summed E-state index contributed by atoms with van der Waals surface area (Å²) >= 11 is 3.37. The summed E-state index contributed by atoms with van der Waals surface area (Å²) in [7, 11) is 0. The lowest BCUT2D eigenvalue weighted by Gasteiger charge is -2.03. The number of imidazole rings is 1. The molecule has 2 rings (SSSR count). The lowest BCUT2D eigenvalue weighted by atomic mass is 10.1. The van der Waals surface area contributed by atoms with E-state index in [1.807, 2.05) is 24.3 Å². The van der Waals surface area contributed by atoms with Crippen LogP contribution in [0.1, 0.15) is 6.92 Å². The Morgan fingerprint density at radius 1 is 1.38 bits per heavy atom. The second kappa shape index (κ2) is 4.49. The molecule has 0 aliphatic rings. The van der Waals surface area contributed by atoms with Crippen LogP contribution < -0.4 is 5.32 Å². The number of nitrogens with zero attached hydrogens (tertiary/aromatic N) is 1. The van der Waals surface area contributed by atoms with E-state index in [4.69, 9.17) is 0 Å². The molecule has 0 unspecified atom stereocenters. The summed E-state index contributed by atoms with van der Waals surface area (Å²) < 4.78 is 0.847. The minimum Gasteiger partial charge on any atom is -0.339 e. The van der Waals surface area contributed by atoms with Crippen molar-refractivity contribution in [2.75, 3.05) is 5.32 Å². The Morgan fingerprint density at radius 3 is 2.56 bits per heavy atom. The van der Waals surface area contributed by atoms with Crippen LogP contribution in [0.4, 0.5) is 5.69 Å². The summed E-state index contributed by atoms with van der Waals surface area (Å²) in [6.45, 7) is 1.48. The summed E-state index contributed by atoms with van der Waals surface area (Å²) in [5, 5.41) is 2.71. The molecule has 0 saturated heterocycles. The summed E-state index contributed by atoms with van der Waals surface area (Å²) in [6.07, 6.45) is 1.63. The standard InChI is InChI=1S/C11H10BrN3O/c1-7(16)15-9-4-2-8(3-5-9)10-11(12)14-6-13-10/h2-6H,1H3,(H,13,14)(H,15,16). The van der Waals surface area contributed by atoms with Crippen molar-refractivity contribution in [3.05, 3.63) is 35.2 Å². The van der Waals surface area contributed by atoms with Crippen LogP contribution in [0.3, 0.4) is 0 Å². The Hall–Kier alpha value is -1.62. The number of aromatic amines is 1. The van der Waals surface area contributed by atoms with E-state index >= 15 is 0 Å². The molecule has 82 valence electrons. The smallest absolute Gasteiger partial charge is 0.221 e. The zero-order valence-corrected chi connectivity index (χ0v) is 10.2. The van der Waals surface area contributed by atoms with E-state index in [-0.39, 0.29) is 5.91 Å². The number of hydrogen-bond donors (Lipinski definition) is 2. The van der Waals surface area contributed by atoms with Gasteiger partial charge in [-0.2, -0.15) is 0 Å². The molecular weight excluding hydrogens is 270 g/mol. The first kappa shape index (κ1) is 10.9. The highest BCUT2D eigenvalue weighted by molar-refractivity contribution is 9.10. The van der Waals surface area contributed by atoms with Gasteiger partial charge in [0.25, 0.3) is 0 Å². The normalized spacial score (nSPS) is 10.1. The van der Waals surface area contributed by atoms with Crippen molar-refractivity contribution in [2.45, 2.75) is 6.92 Å². The Balaban J connectivity index is 2.26. The van der Waals surface area contributed by atoms with Crippen LogP contribution in [0, 0.1) is 0 Å². The molecule has 1 heterocycles. The van der Waals surface area contributed by atoms with Crippen LogP contribution >= 0.6 is 15.9 Å². The first-order chi connectivity index (χ1) is 7.66. The lowest BCUT2D eigenvalue weighted by Crippen LogP contribution is -2.05. The minimum atomic E-state index is -0.0753. The molecule has 16 heavy (non-hydrogen) atoms. The van der Waals surface area contributed by atoms with E-state index in [0.29, 0.717) is 0 Å². The molecular formula is C11H10BrN3O. The van der Waals surface area contributed by atoms with Gasteiger partial charge in [-0.1, -0.05) is 12.1 Å². The number of carbonyl (C=O) groups is 1. The third-order valence-corrected chi connectivity index (χ3v) is 2.68. The number of aromatic nitrogens is 2. The maximum Gasteiger partial charge on any atom is 0.221 e. The van der Waals surface area contributed by atoms with Crippen molar-refractivity contribution in [3.8, 4) is 11.3 Å². The van der Waals surface area contributed by atoms with Crippen LogP contribution in [-0.2, 0) is 4.79 Å². The first-order valence-electron chi connectivity index (χ1n) is 4.73. The second-order valence-corrected chi connectivity index (χ2v) is 4.12. The van der Waals surface area contributed by atoms with Gasteiger partial charge in [0.1, 0.15) is 10.3 Å². The molecule has 0 aliphatic heterocycles. The quantitative estimate of drug-likeness (QED) is 0.888. The van der Waals surface area contributed by atoms with E-state index in [1.165, 1.54) is 6.92 Å². The van der Waals surface area contributed by atoms with Gasteiger partial charge in [0.15, 0.2) is 0 Å². The highest BCUT2D eigenvalue weighted by Crippen LogP contribution is 2.25. The van der Waals surface area contributed by atoms with Gasteiger partial charge in [0, 0.05) is 18.2 Å². The number of H-pyrrole nitrogens is 1. The van der Waals surface area contributed by atoms with Crippen molar-refractivity contribution in [1.29, 1.82) is 0 Å². The molecule has 0 atom stereocenters. The third-order valence-electron chi connectivity index (χ3n) is 2.07. The number of rotatable bonds is 2. The van der Waals surface area contributed by atoms with E-state index in [9.17, 15) is 4.79 Å². The number of amides is 1. The third kappa shape index (κ3) is 2.30. The van der Waals surface area contributed by atoms with Gasteiger partial charge in [0.2, 0.25) is 5.91 Å². The van der Waals surface area contributed by atoms with Crippen molar-refractivity contribution in [3.63, 3.8) is 0 Å². The Morgan fingerprint density at radius 2 is 2.06 bits per heavy atom. The zero-order valence-electron chi connectivity index (χ0n) is 8.62. The second-order valence-electron chi connectivity index (χ2n) is 3.32. The van der Waals surface area contributed by atoms with Gasteiger partial charge < -0.3 is 10.3 Å². The molecule has 0 spiro atoms. The Bertz CT molecular complexity index is 504. The summed E-state index contributed by atoms with van der Waals surface area (Å²) in [5.41, 5.74) is 2.62. The molecule has 0 radical (unpaired) electrons. The molecule has 2 N–H and O–H groups in total. The highest BCUT2D eigenvalue weighted by atomic mass is 79.9. The Kier molecular flexibility index (Phi) is 3.05. The first-order valence-corrected chi connectivity index (χ1v) is 5.53. The fourth-order valence-corrected chi connectivity index (χ4v) is 1.83. The van der Waals surface area contributed by atoms with Gasteiger partial charge in [0.05, 0.1) is 6.33 Å². The maximum absolute atomic E-state index is 10.8. The molecule has 4 nitrogen and oxygen atoms in total. The zero-order chi connectivity index (χ0) is 11.5. The average molecular weight is 280 g/mol.